The molecule has 1 fully saturated rings. The molecule has 21 heavy (non-hydrogen) atoms. The molecule has 0 aromatic heterocycles. The van der Waals surface area contributed by atoms with Crippen LogP contribution in [0.25, 0.3) is 0 Å². The van der Waals surface area contributed by atoms with E-state index in [1.54, 1.807) is 0 Å². The van der Waals surface area contributed by atoms with E-state index in [9.17, 15) is 5.11 Å². The first kappa shape index (κ1) is 16.6. The van der Waals surface area contributed by atoms with Gasteiger partial charge in [-0.15, -0.1) is 0 Å². The minimum absolute atomic E-state index is 0.165. The number of nitrogens with zero attached hydrogens (tertiary/aromatic N) is 1. The molecule has 4 heteroatoms. The molecule has 0 unspecified atom stereocenters. The van der Waals surface area contributed by atoms with E-state index in [4.69, 9.17) is 11.6 Å². The second kappa shape index (κ2) is 8.02. The lowest BCUT2D eigenvalue weighted by molar-refractivity contribution is 0.296. The fraction of sp³-hybridized carbons (Fsp3) is 0.647. The van der Waals surface area contributed by atoms with Gasteiger partial charge in [0.1, 0.15) is 0 Å². The third kappa shape index (κ3) is 4.35. The van der Waals surface area contributed by atoms with Gasteiger partial charge in [0.25, 0.3) is 0 Å². The maximum absolute atomic E-state index is 9.44. The monoisotopic (exact) mass is 310 g/mol. The molecule has 118 valence electrons. The molecule has 0 saturated heterocycles. The first-order valence-electron chi connectivity index (χ1n) is 8.09. The average Bonchev–Trinajstić information content (AvgIpc) is 3.30. The lowest BCUT2D eigenvalue weighted by Gasteiger charge is -2.34. The van der Waals surface area contributed by atoms with Gasteiger partial charge < -0.3 is 15.3 Å². The lowest BCUT2D eigenvalue weighted by atomic mass is 10.1. The van der Waals surface area contributed by atoms with Crippen LogP contribution in [0.2, 0.25) is 5.02 Å². The number of nitrogens with one attached hydrogen (secondary N) is 1. The number of aliphatic hydroxyl groups excluding tert-OH is 1. The summed E-state index contributed by atoms with van der Waals surface area (Å²) < 4.78 is 0. The van der Waals surface area contributed by atoms with E-state index >= 15 is 0 Å². The quantitative estimate of drug-likeness (QED) is 0.732. The summed E-state index contributed by atoms with van der Waals surface area (Å²) >= 11 is 6.44. The van der Waals surface area contributed by atoms with Crippen LogP contribution in [0.5, 0.6) is 0 Å². The van der Waals surface area contributed by atoms with Crippen molar-refractivity contribution in [3.05, 3.63) is 28.8 Å². The van der Waals surface area contributed by atoms with Crippen LogP contribution in [0, 0.1) is 0 Å². The van der Waals surface area contributed by atoms with Crippen molar-refractivity contribution in [2.24, 2.45) is 0 Å². The Bertz CT molecular complexity index is 444. The molecule has 0 amide bonds. The second-order valence-electron chi connectivity index (χ2n) is 5.78. The lowest BCUT2D eigenvalue weighted by Crippen LogP contribution is -2.37. The SMILES string of the molecule is CCC(CC)N(CCO)c1cccc(Cl)c1CNC1CC1. The number of anilines is 1. The number of hydrogen-bond acceptors (Lipinski definition) is 3. The summed E-state index contributed by atoms with van der Waals surface area (Å²) in [5, 5.41) is 13.8. The van der Waals surface area contributed by atoms with E-state index in [2.05, 4.69) is 30.1 Å². The van der Waals surface area contributed by atoms with Gasteiger partial charge in [0.15, 0.2) is 0 Å². The van der Waals surface area contributed by atoms with Crippen molar-refractivity contribution in [3.8, 4) is 0 Å². The Kier molecular flexibility index (Phi) is 6.34. The predicted molar refractivity (Wildman–Crippen MR) is 90.1 cm³/mol. The summed E-state index contributed by atoms with van der Waals surface area (Å²) in [6, 6.07) is 7.19. The molecule has 1 aromatic carbocycles. The minimum Gasteiger partial charge on any atom is -0.395 e. The normalized spacial score (nSPS) is 14.7. The minimum atomic E-state index is 0.165. The molecule has 2 N–H and O–H groups in total. The van der Waals surface area contributed by atoms with E-state index in [0.29, 0.717) is 18.6 Å². The molecule has 0 aliphatic heterocycles. The van der Waals surface area contributed by atoms with Gasteiger partial charge in [-0.25, -0.2) is 0 Å². The van der Waals surface area contributed by atoms with Crippen molar-refractivity contribution in [1.29, 1.82) is 0 Å². The molecule has 1 aliphatic rings. The first-order chi connectivity index (χ1) is 10.2. The Balaban J connectivity index is 2.26. The van der Waals surface area contributed by atoms with E-state index in [1.807, 2.05) is 12.1 Å². The molecule has 2 rings (SSSR count). The zero-order valence-corrected chi connectivity index (χ0v) is 13.9. The average molecular weight is 311 g/mol. The van der Waals surface area contributed by atoms with Crippen LogP contribution in [0.4, 0.5) is 5.69 Å². The second-order valence-corrected chi connectivity index (χ2v) is 6.19. The maximum atomic E-state index is 9.44. The Morgan fingerprint density at radius 3 is 2.62 bits per heavy atom. The Labute approximate surface area is 133 Å². The fourth-order valence-corrected chi connectivity index (χ4v) is 3.10. The summed E-state index contributed by atoms with van der Waals surface area (Å²) in [4.78, 5) is 2.32. The van der Waals surface area contributed by atoms with Crippen molar-refractivity contribution in [3.63, 3.8) is 0 Å². The summed E-state index contributed by atoms with van der Waals surface area (Å²) in [5.74, 6) is 0. The maximum Gasteiger partial charge on any atom is 0.0606 e. The Morgan fingerprint density at radius 2 is 2.05 bits per heavy atom. The molecular weight excluding hydrogens is 284 g/mol. The highest BCUT2D eigenvalue weighted by molar-refractivity contribution is 6.31. The summed E-state index contributed by atoms with van der Waals surface area (Å²) in [7, 11) is 0. The first-order valence-corrected chi connectivity index (χ1v) is 8.47. The summed E-state index contributed by atoms with van der Waals surface area (Å²) in [6.45, 7) is 6.03. The van der Waals surface area contributed by atoms with Gasteiger partial charge >= 0.3 is 0 Å². The molecule has 3 nitrogen and oxygen atoms in total. The Hall–Kier alpha value is -0.770. The molecule has 0 radical (unpaired) electrons. The van der Waals surface area contributed by atoms with Gasteiger partial charge in [0.05, 0.1) is 6.61 Å². The largest absolute Gasteiger partial charge is 0.395 e. The fourth-order valence-electron chi connectivity index (χ4n) is 2.86. The molecule has 1 aliphatic carbocycles. The van der Waals surface area contributed by atoms with Crippen molar-refractivity contribution in [2.45, 2.75) is 58.2 Å². The molecule has 1 aromatic rings. The third-order valence-corrected chi connectivity index (χ3v) is 4.63. The van der Waals surface area contributed by atoms with Crippen molar-refractivity contribution >= 4 is 17.3 Å². The van der Waals surface area contributed by atoms with Crippen molar-refractivity contribution in [1.82, 2.24) is 5.32 Å². The van der Waals surface area contributed by atoms with E-state index < -0.39 is 0 Å². The molecule has 0 bridgehead atoms. The van der Waals surface area contributed by atoms with Crippen LogP contribution in [-0.4, -0.2) is 30.3 Å². The van der Waals surface area contributed by atoms with E-state index in [0.717, 1.165) is 30.0 Å². The Morgan fingerprint density at radius 1 is 1.33 bits per heavy atom. The van der Waals surface area contributed by atoms with Gasteiger partial charge in [-0.1, -0.05) is 31.5 Å². The van der Waals surface area contributed by atoms with Gasteiger partial charge in [-0.3, -0.25) is 0 Å². The van der Waals surface area contributed by atoms with Crippen LogP contribution in [0.3, 0.4) is 0 Å². The molecular formula is C17H27ClN2O. The summed E-state index contributed by atoms with van der Waals surface area (Å²) in [5.41, 5.74) is 2.32. The van der Waals surface area contributed by atoms with Crippen LogP contribution in [0.15, 0.2) is 18.2 Å². The summed E-state index contributed by atoms with van der Waals surface area (Å²) in [6.07, 6.45) is 4.68. The van der Waals surface area contributed by atoms with Crippen LogP contribution < -0.4 is 10.2 Å². The van der Waals surface area contributed by atoms with Gasteiger partial charge in [-0.05, 0) is 37.8 Å². The zero-order chi connectivity index (χ0) is 15.2. The predicted octanol–water partition coefficient (Wildman–Crippen LogP) is 3.58. The highest BCUT2D eigenvalue weighted by atomic mass is 35.5. The molecule has 0 spiro atoms. The standard InChI is InChI=1S/C17H27ClN2O/c1-3-14(4-2)20(10-11-21)17-7-5-6-16(18)15(17)12-19-13-8-9-13/h5-7,13-14,19,21H,3-4,8-12H2,1-2H3. The van der Waals surface area contributed by atoms with Gasteiger partial charge in [0.2, 0.25) is 0 Å². The highest BCUT2D eigenvalue weighted by Gasteiger charge is 2.23. The third-order valence-electron chi connectivity index (χ3n) is 4.27. The van der Waals surface area contributed by atoms with Crippen molar-refractivity contribution < 1.29 is 5.11 Å². The van der Waals surface area contributed by atoms with Crippen molar-refractivity contribution in [2.75, 3.05) is 18.1 Å². The van der Waals surface area contributed by atoms with Gasteiger partial charge in [0, 0.05) is 41.4 Å². The number of aliphatic hydroxyl groups is 1. The number of benzene rings is 1. The van der Waals surface area contributed by atoms with Crippen LogP contribution in [-0.2, 0) is 6.54 Å². The van der Waals surface area contributed by atoms with Crippen LogP contribution in [0.1, 0.15) is 45.1 Å². The number of hydrogen-bond donors (Lipinski definition) is 2. The molecule has 1 saturated carbocycles. The highest BCUT2D eigenvalue weighted by Crippen LogP contribution is 2.31. The topological polar surface area (TPSA) is 35.5 Å². The molecule has 0 heterocycles. The van der Waals surface area contributed by atoms with E-state index in [-0.39, 0.29) is 6.61 Å². The van der Waals surface area contributed by atoms with Crippen LogP contribution >= 0.6 is 11.6 Å². The van der Waals surface area contributed by atoms with Gasteiger partial charge in [-0.2, -0.15) is 0 Å². The molecule has 0 atom stereocenters. The smallest absolute Gasteiger partial charge is 0.0606 e. The number of halogens is 1. The van der Waals surface area contributed by atoms with E-state index in [1.165, 1.54) is 18.5 Å². The number of rotatable bonds is 9. The zero-order valence-electron chi connectivity index (χ0n) is 13.1.